The molecule has 0 aromatic carbocycles. The van der Waals surface area contributed by atoms with Crippen molar-refractivity contribution in [3.63, 3.8) is 0 Å². The minimum absolute atomic E-state index is 0.343. The Kier molecular flexibility index (Phi) is 7.27. The molecule has 2 heteroatoms. The topological polar surface area (TPSA) is 23.8 Å². The molecule has 0 aromatic heterocycles. The molecule has 0 radical (unpaired) electrons. The van der Waals surface area contributed by atoms with E-state index in [9.17, 15) is 4.39 Å². The van der Waals surface area contributed by atoms with E-state index in [2.05, 4.69) is 6.07 Å². The molecule has 2 aliphatic rings. The van der Waals surface area contributed by atoms with Gasteiger partial charge in [0, 0.05) is 5.92 Å². The number of halogens is 1. The highest BCUT2D eigenvalue weighted by atomic mass is 19.1. The summed E-state index contributed by atoms with van der Waals surface area (Å²) >= 11 is 0. The molecule has 1 nitrogen and oxygen atoms in total. The Morgan fingerprint density at radius 1 is 0.905 bits per heavy atom. The van der Waals surface area contributed by atoms with Crippen molar-refractivity contribution < 1.29 is 4.39 Å². The van der Waals surface area contributed by atoms with Crippen LogP contribution in [0.15, 0.2) is 12.4 Å². The zero-order valence-electron chi connectivity index (χ0n) is 13.3. The number of hydrogen-bond acceptors (Lipinski definition) is 1. The lowest BCUT2D eigenvalue weighted by Crippen LogP contribution is -2.25. The summed E-state index contributed by atoms with van der Waals surface area (Å²) in [7, 11) is 0. The van der Waals surface area contributed by atoms with Gasteiger partial charge in [-0.25, -0.2) is 4.39 Å². The van der Waals surface area contributed by atoms with Gasteiger partial charge < -0.3 is 0 Å². The van der Waals surface area contributed by atoms with Crippen molar-refractivity contribution in [2.45, 2.75) is 77.0 Å². The second-order valence-corrected chi connectivity index (χ2v) is 7.17. The SMILES string of the molecule is N#CC1CCC(C2CCC(CCCCC=CF)CC2)CC1. The van der Waals surface area contributed by atoms with Crippen molar-refractivity contribution in [3.05, 3.63) is 12.4 Å². The third kappa shape index (κ3) is 5.46. The fourth-order valence-corrected chi connectivity index (χ4v) is 4.43. The number of nitriles is 1. The van der Waals surface area contributed by atoms with E-state index in [0.29, 0.717) is 12.2 Å². The van der Waals surface area contributed by atoms with Crippen LogP contribution in [-0.4, -0.2) is 0 Å². The molecule has 2 aliphatic carbocycles. The van der Waals surface area contributed by atoms with Crippen LogP contribution < -0.4 is 0 Å². The fourth-order valence-electron chi connectivity index (χ4n) is 4.43. The van der Waals surface area contributed by atoms with E-state index in [4.69, 9.17) is 5.26 Å². The smallest absolute Gasteiger partial charge is 0.0827 e. The van der Waals surface area contributed by atoms with E-state index in [0.717, 1.165) is 43.4 Å². The largest absolute Gasteiger partial charge is 0.216 e. The van der Waals surface area contributed by atoms with E-state index >= 15 is 0 Å². The van der Waals surface area contributed by atoms with Gasteiger partial charge in [0.1, 0.15) is 0 Å². The summed E-state index contributed by atoms with van der Waals surface area (Å²) in [6, 6.07) is 2.44. The molecule has 2 saturated carbocycles. The lowest BCUT2D eigenvalue weighted by atomic mass is 9.69. The van der Waals surface area contributed by atoms with Crippen LogP contribution in [0.5, 0.6) is 0 Å². The van der Waals surface area contributed by atoms with Gasteiger partial charge in [0.05, 0.1) is 12.4 Å². The Bertz CT molecular complexity index is 341. The average molecular weight is 291 g/mol. The number of hydrogen-bond donors (Lipinski definition) is 0. The van der Waals surface area contributed by atoms with E-state index in [-0.39, 0.29) is 0 Å². The highest BCUT2D eigenvalue weighted by Crippen LogP contribution is 2.42. The van der Waals surface area contributed by atoms with E-state index in [1.807, 2.05) is 0 Å². The van der Waals surface area contributed by atoms with Crippen molar-refractivity contribution in [1.82, 2.24) is 0 Å². The van der Waals surface area contributed by atoms with Crippen LogP contribution in [0.2, 0.25) is 0 Å². The van der Waals surface area contributed by atoms with Gasteiger partial charge in [-0.2, -0.15) is 5.26 Å². The molecule has 21 heavy (non-hydrogen) atoms. The fraction of sp³-hybridized carbons (Fsp3) is 0.842. The molecule has 0 N–H and O–H groups in total. The van der Waals surface area contributed by atoms with Crippen molar-refractivity contribution in [3.8, 4) is 6.07 Å². The van der Waals surface area contributed by atoms with Crippen LogP contribution >= 0.6 is 0 Å². The maximum absolute atomic E-state index is 11.8. The maximum Gasteiger partial charge on any atom is 0.0827 e. The van der Waals surface area contributed by atoms with Crippen molar-refractivity contribution in [1.29, 1.82) is 5.26 Å². The molecule has 0 saturated heterocycles. The molecule has 0 atom stereocenters. The van der Waals surface area contributed by atoms with E-state index in [1.54, 1.807) is 6.08 Å². The molecule has 0 amide bonds. The summed E-state index contributed by atoms with van der Waals surface area (Å²) < 4.78 is 11.8. The predicted octanol–water partition coefficient (Wildman–Crippen LogP) is 6.17. The molecular weight excluding hydrogens is 261 g/mol. The second-order valence-electron chi connectivity index (χ2n) is 7.17. The summed E-state index contributed by atoms with van der Waals surface area (Å²) in [5.41, 5.74) is 0. The summed E-state index contributed by atoms with van der Waals surface area (Å²) in [6.45, 7) is 0. The average Bonchev–Trinajstić information content (AvgIpc) is 2.55. The van der Waals surface area contributed by atoms with Crippen molar-refractivity contribution in [2.24, 2.45) is 23.7 Å². The monoisotopic (exact) mass is 291 g/mol. The molecular formula is C19H30FN. The molecule has 2 rings (SSSR count). The Morgan fingerprint density at radius 3 is 2.10 bits per heavy atom. The van der Waals surface area contributed by atoms with Gasteiger partial charge in [-0.05, 0) is 69.1 Å². The van der Waals surface area contributed by atoms with Gasteiger partial charge >= 0.3 is 0 Å². The summed E-state index contributed by atoms with van der Waals surface area (Å²) in [5.74, 6) is 3.11. The van der Waals surface area contributed by atoms with Gasteiger partial charge in [0.2, 0.25) is 0 Å². The van der Waals surface area contributed by atoms with Crippen LogP contribution in [0.1, 0.15) is 77.0 Å². The van der Waals surface area contributed by atoms with Crippen LogP contribution in [0.3, 0.4) is 0 Å². The number of nitrogens with zero attached hydrogens (tertiary/aromatic N) is 1. The van der Waals surface area contributed by atoms with E-state index < -0.39 is 0 Å². The minimum atomic E-state index is 0.343. The first kappa shape index (κ1) is 16.5. The minimum Gasteiger partial charge on any atom is -0.216 e. The van der Waals surface area contributed by atoms with Gasteiger partial charge in [-0.15, -0.1) is 0 Å². The Hall–Kier alpha value is -0.840. The molecule has 0 unspecified atom stereocenters. The lowest BCUT2D eigenvalue weighted by Gasteiger charge is -2.36. The highest BCUT2D eigenvalue weighted by Gasteiger charge is 2.30. The number of rotatable bonds is 6. The van der Waals surface area contributed by atoms with E-state index in [1.165, 1.54) is 51.4 Å². The zero-order chi connectivity index (χ0) is 14.9. The van der Waals surface area contributed by atoms with Gasteiger partial charge in [-0.1, -0.05) is 31.8 Å². The first-order chi connectivity index (χ1) is 10.3. The molecule has 118 valence electrons. The van der Waals surface area contributed by atoms with Gasteiger partial charge in [0.25, 0.3) is 0 Å². The third-order valence-electron chi connectivity index (χ3n) is 5.83. The Morgan fingerprint density at radius 2 is 1.52 bits per heavy atom. The molecule has 0 spiro atoms. The first-order valence-electron chi connectivity index (χ1n) is 8.98. The predicted molar refractivity (Wildman–Crippen MR) is 85.2 cm³/mol. The first-order valence-corrected chi connectivity index (χ1v) is 8.98. The van der Waals surface area contributed by atoms with Crippen LogP contribution in [0.25, 0.3) is 0 Å². The molecule has 0 heterocycles. The maximum atomic E-state index is 11.8. The van der Waals surface area contributed by atoms with Crippen LogP contribution in [0, 0.1) is 35.0 Å². The molecule has 0 bridgehead atoms. The second kappa shape index (κ2) is 9.23. The quantitative estimate of drug-likeness (QED) is 0.537. The van der Waals surface area contributed by atoms with Crippen LogP contribution in [0.4, 0.5) is 4.39 Å². The highest BCUT2D eigenvalue weighted by molar-refractivity contribution is 4.89. The zero-order valence-corrected chi connectivity index (χ0v) is 13.3. The van der Waals surface area contributed by atoms with Gasteiger partial charge in [0.15, 0.2) is 0 Å². The van der Waals surface area contributed by atoms with Gasteiger partial charge in [-0.3, -0.25) is 0 Å². The standard InChI is InChI=1S/C19H30FN/c20-14-4-2-1-3-5-16-6-10-18(11-7-16)19-12-8-17(15-21)9-13-19/h4,14,16-19H,1-3,5-13H2. The summed E-state index contributed by atoms with van der Waals surface area (Å²) in [5, 5.41) is 8.98. The van der Waals surface area contributed by atoms with Crippen LogP contribution in [-0.2, 0) is 0 Å². The lowest BCUT2D eigenvalue weighted by molar-refractivity contribution is 0.152. The Balaban J connectivity index is 1.59. The number of unbranched alkanes of at least 4 members (excludes halogenated alkanes) is 2. The number of allylic oxidation sites excluding steroid dienone is 1. The molecule has 2 fully saturated rings. The summed E-state index contributed by atoms with van der Waals surface area (Å²) in [6.07, 6.45) is 17.4. The molecule has 0 aromatic rings. The normalized spacial score (nSPS) is 33.9. The van der Waals surface area contributed by atoms with Crippen molar-refractivity contribution >= 4 is 0 Å². The third-order valence-corrected chi connectivity index (χ3v) is 5.83. The Labute approximate surface area is 129 Å². The summed E-state index contributed by atoms with van der Waals surface area (Å²) in [4.78, 5) is 0. The van der Waals surface area contributed by atoms with Crippen molar-refractivity contribution in [2.75, 3.05) is 0 Å². The molecule has 0 aliphatic heterocycles.